The van der Waals surface area contributed by atoms with Crippen LogP contribution in [0.25, 0.3) is 0 Å². The molecule has 1 N–H and O–H groups in total. The molecule has 110 valence electrons. The third kappa shape index (κ3) is 2.66. The summed E-state index contributed by atoms with van der Waals surface area (Å²) in [5.41, 5.74) is 0.681. The summed E-state index contributed by atoms with van der Waals surface area (Å²) in [6.07, 6.45) is 2.67. The monoisotopic (exact) mass is 278 g/mol. The quantitative estimate of drug-likeness (QED) is 0.859. The number of carbonyl (C=O) groups excluding carboxylic acids is 1. The normalized spacial score (nSPS) is 20.7. The van der Waals surface area contributed by atoms with Crippen LogP contribution in [0, 0.1) is 0 Å². The van der Waals surface area contributed by atoms with Crippen LogP contribution in [0.3, 0.4) is 0 Å². The molecular weight excluding hydrogens is 256 g/mol. The van der Waals surface area contributed by atoms with Gasteiger partial charge in [0.15, 0.2) is 5.60 Å². The van der Waals surface area contributed by atoms with E-state index in [0.29, 0.717) is 0 Å². The zero-order valence-electron chi connectivity index (χ0n) is 12.3. The minimum absolute atomic E-state index is 0.226. The lowest BCUT2D eigenvalue weighted by Crippen LogP contribution is -2.44. The van der Waals surface area contributed by atoms with Crippen LogP contribution >= 0.6 is 0 Å². The molecule has 0 aliphatic heterocycles. The van der Waals surface area contributed by atoms with Crippen LogP contribution in [0.2, 0.25) is 0 Å². The molecule has 0 saturated heterocycles. The van der Waals surface area contributed by atoms with E-state index in [4.69, 9.17) is 9.47 Å². The first-order valence-corrected chi connectivity index (χ1v) is 7.07. The highest BCUT2D eigenvalue weighted by Gasteiger charge is 2.43. The van der Waals surface area contributed by atoms with Gasteiger partial charge >= 0.3 is 5.97 Å². The second-order valence-electron chi connectivity index (χ2n) is 5.38. The molecule has 0 fully saturated rings. The van der Waals surface area contributed by atoms with Crippen molar-refractivity contribution in [2.45, 2.75) is 44.6 Å². The molecule has 0 amide bonds. The fourth-order valence-electron chi connectivity index (χ4n) is 2.92. The van der Waals surface area contributed by atoms with Crippen LogP contribution < -0.4 is 4.74 Å². The molecule has 2 rings (SSSR count). The smallest absolute Gasteiger partial charge is 0.338 e. The third-order valence-corrected chi connectivity index (χ3v) is 4.03. The molecular formula is C16H22O4. The summed E-state index contributed by atoms with van der Waals surface area (Å²) >= 11 is 0. The van der Waals surface area contributed by atoms with Crippen molar-refractivity contribution in [3.63, 3.8) is 0 Å². The molecule has 0 radical (unpaired) electrons. The number of methoxy groups -OCH3 is 1. The summed E-state index contributed by atoms with van der Waals surface area (Å²) in [4.78, 5) is 12.0. The van der Waals surface area contributed by atoms with Gasteiger partial charge in [-0.1, -0.05) is 6.07 Å². The van der Waals surface area contributed by atoms with Gasteiger partial charge in [0.05, 0.1) is 13.7 Å². The van der Waals surface area contributed by atoms with Gasteiger partial charge in [-0.15, -0.1) is 0 Å². The second-order valence-corrected chi connectivity index (χ2v) is 5.38. The van der Waals surface area contributed by atoms with Gasteiger partial charge in [0, 0.05) is 5.92 Å². The second kappa shape index (κ2) is 5.83. The van der Waals surface area contributed by atoms with Gasteiger partial charge in [0.1, 0.15) is 5.75 Å². The van der Waals surface area contributed by atoms with Crippen LogP contribution in [0.4, 0.5) is 0 Å². The molecule has 1 aliphatic rings. The lowest BCUT2D eigenvalue weighted by Gasteiger charge is -2.35. The van der Waals surface area contributed by atoms with Crippen molar-refractivity contribution >= 4 is 5.97 Å². The van der Waals surface area contributed by atoms with Gasteiger partial charge in [0.25, 0.3) is 0 Å². The van der Waals surface area contributed by atoms with E-state index < -0.39 is 11.6 Å². The number of hydrogen-bond acceptors (Lipinski definition) is 4. The number of aryl methyl sites for hydroxylation is 1. The summed E-state index contributed by atoms with van der Waals surface area (Å²) in [5, 5.41) is 10.6. The van der Waals surface area contributed by atoms with Crippen molar-refractivity contribution in [1.29, 1.82) is 0 Å². The van der Waals surface area contributed by atoms with Crippen LogP contribution in [-0.2, 0) is 16.0 Å². The zero-order valence-corrected chi connectivity index (χ0v) is 12.3. The Morgan fingerprint density at radius 1 is 1.50 bits per heavy atom. The van der Waals surface area contributed by atoms with E-state index >= 15 is 0 Å². The lowest BCUT2D eigenvalue weighted by molar-refractivity contribution is -0.166. The topological polar surface area (TPSA) is 55.8 Å². The summed E-state index contributed by atoms with van der Waals surface area (Å²) in [5.74, 6) is 0.0325. The van der Waals surface area contributed by atoms with E-state index in [2.05, 4.69) is 0 Å². The van der Waals surface area contributed by atoms with Gasteiger partial charge in [-0.05, 0) is 56.4 Å². The number of ether oxygens (including phenoxy) is 2. The van der Waals surface area contributed by atoms with Crippen molar-refractivity contribution in [2.24, 2.45) is 0 Å². The van der Waals surface area contributed by atoms with Crippen LogP contribution in [0.15, 0.2) is 18.2 Å². The van der Waals surface area contributed by atoms with Crippen molar-refractivity contribution < 1.29 is 19.4 Å². The molecule has 0 spiro atoms. The number of benzene rings is 1. The predicted molar refractivity (Wildman–Crippen MR) is 75.9 cm³/mol. The first-order chi connectivity index (χ1) is 9.50. The van der Waals surface area contributed by atoms with Gasteiger partial charge in [-0.25, -0.2) is 4.79 Å². The average Bonchev–Trinajstić information content (AvgIpc) is 2.46. The Labute approximate surface area is 119 Å². The van der Waals surface area contributed by atoms with E-state index in [-0.39, 0.29) is 12.5 Å². The fraction of sp³-hybridized carbons (Fsp3) is 0.562. The summed E-state index contributed by atoms with van der Waals surface area (Å²) in [7, 11) is 1.64. The van der Waals surface area contributed by atoms with Gasteiger partial charge < -0.3 is 14.6 Å². The first-order valence-electron chi connectivity index (χ1n) is 7.07. The maximum absolute atomic E-state index is 12.0. The maximum Gasteiger partial charge on any atom is 0.338 e. The first kappa shape index (κ1) is 14.9. The lowest BCUT2D eigenvalue weighted by atomic mass is 9.74. The highest BCUT2D eigenvalue weighted by atomic mass is 16.5. The Bertz CT molecular complexity index is 493. The van der Waals surface area contributed by atoms with E-state index in [0.717, 1.165) is 36.1 Å². The number of fused-ring (bicyclic) bond motifs is 1. The molecule has 1 aromatic carbocycles. The zero-order chi connectivity index (χ0) is 14.8. The SMILES string of the molecule is CCOC(=O)C(C)(O)C1CCCc2cc(OC)ccc21. The molecule has 20 heavy (non-hydrogen) atoms. The van der Waals surface area contributed by atoms with E-state index in [9.17, 15) is 9.90 Å². The molecule has 0 saturated carbocycles. The third-order valence-electron chi connectivity index (χ3n) is 4.03. The standard InChI is InChI=1S/C16H22O4/c1-4-20-15(17)16(2,18)14-7-5-6-11-10-12(19-3)8-9-13(11)14/h8-10,14,18H,4-7H2,1-3H3. The summed E-state index contributed by atoms with van der Waals surface area (Å²) < 4.78 is 10.2. The number of aliphatic hydroxyl groups is 1. The van der Waals surface area contributed by atoms with Crippen LogP contribution in [-0.4, -0.2) is 30.4 Å². The molecule has 1 aliphatic carbocycles. The van der Waals surface area contributed by atoms with Crippen LogP contribution in [0.1, 0.15) is 43.7 Å². The van der Waals surface area contributed by atoms with E-state index in [1.165, 1.54) is 0 Å². The summed E-state index contributed by atoms with van der Waals surface area (Å²) in [6, 6.07) is 5.81. The number of carbonyl (C=O) groups is 1. The minimum atomic E-state index is -1.49. The van der Waals surface area contributed by atoms with Crippen molar-refractivity contribution in [3.05, 3.63) is 29.3 Å². The van der Waals surface area contributed by atoms with Gasteiger partial charge in [0.2, 0.25) is 0 Å². The predicted octanol–water partition coefficient (Wildman–Crippen LogP) is 2.43. The molecule has 4 heteroatoms. The Balaban J connectivity index is 2.34. The van der Waals surface area contributed by atoms with Crippen molar-refractivity contribution in [1.82, 2.24) is 0 Å². The number of hydrogen-bond donors (Lipinski definition) is 1. The molecule has 1 aromatic rings. The Morgan fingerprint density at radius 3 is 2.90 bits per heavy atom. The molecule has 0 heterocycles. The van der Waals surface area contributed by atoms with Crippen molar-refractivity contribution in [2.75, 3.05) is 13.7 Å². The Kier molecular flexibility index (Phi) is 4.33. The van der Waals surface area contributed by atoms with E-state index in [1.807, 2.05) is 18.2 Å². The maximum atomic E-state index is 12.0. The van der Waals surface area contributed by atoms with Crippen molar-refractivity contribution in [3.8, 4) is 5.75 Å². The van der Waals surface area contributed by atoms with Crippen LogP contribution in [0.5, 0.6) is 5.75 Å². The molecule has 0 bridgehead atoms. The molecule has 4 nitrogen and oxygen atoms in total. The van der Waals surface area contributed by atoms with Gasteiger partial charge in [-0.3, -0.25) is 0 Å². The summed E-state index contributed by atoms with van der Waals surface area (Å²) in [6.45, 7) is 3.57. The largest absolute Gasteiger partial charge is 0.497 e. The van der Waals surface area contributed by atoms with E-state index in [1.54, 1.807) is 21.0 Å². The fourth-order valence-corrected chi connectivity index (χ4v) is 2.92. The minimum Gasteiger partial charge on any atom is -0.497 e. The Hall–Kier alpha value is -1.55. The molecule has 0 aromatic heterocycles. The number of esters is 1. The highest BCUT2D eigenvalue weighted by Crippen LogP contribution is 2.40. The Morgan fingerprint density at radius 2 is 2.25 bits per heavy atom. The highest BCUT2D eigenvalue weighted by molar-refractivity contribution is 5.80. The molecule has 2 atom stereocenters. The average molecular weight is 278 g/mol. The van der Waals surface area contributed by atoms with Gasteiger partial charge in [-0.2, -0.15) is 0 Å². The number of rotatable bonds is 4. The molecule has 2 unspecified atom stereocenters.